The maximum atomic E-state index is 13.0. The number of aliphatic hydroxyl groups is 5. The topological polar surface area (TPSA) is 276 Å². The Labute approximate surface area is 392 Å². The molecular formula is C47H80O17P2. The van der Waals surface area contributed by atoms with Gasteiger partial charge in [0.15, 0.2) is 6.10 Å². The van der Waals surface area contributed by atoms with Crippen LogP contribution in [0.3, 0.4) is 0 Å². The molecule has 0 radical (unpaired) electrons. The van der Waals surface area contributed by atoms with Crippen LogP contribution in [0.25, 0.3) is 0 Å². The van der Waals surface area contributed by atoms with Gasteiger partial charge >= 0.3 is 27.6 Å². The van der Waals surface area contributed by atoms with E-state index in [4.69, 9.17) is 28.3 Å². The molecule has 9 atom stereocenters. The summed E-state index contributed by atoms with van der Waals surface area (Å²) in [6.45, 7) is 2.81. The molecule has 0 bridgehead atoms. The van der Waals surface area contributed by atoms with Crippen molar-refractivity contribution in [3.8, 4) is 0 Å². The number of carbonyl (C=O) groups is 2. The van der Waals surface area contributed by atoms with E-state index in [1.165, 1.54) is 19.3 Å². The van der Waals surface area contributed by atoms with Gasteiger partial charge in [-0.1, -0.05) is 125 Å². The second-order valence-corrected chi connectivity index (χ2v) is 18.9. The molecule has 0 saturated heterocycles. The Kier molecular flexibility index (Phi) is 34.7. The second kappa shape index (κ2) is 37.3. The van der Waals surface area contributed by atoms with Gasteiger partial charge in [0.25, 0.3) is 0 Å². The van der Waals surface area contributed by atoms with Crippen LogP contribution in [-0.2, 0) is 41.8 Å². The molecule has 19 heteroatoms. The van der Waals surface area contributed by atoms with E-state index < -0.39 is 83.5 Å². The molecule has 17 nitrogen and oxygen atoms in total. The molecule has 0 aromatic heterocycles. The Hall–Kier alpha value is -2.60. The minimum Gasteiger partial charge on any atom is -0.462 e. The van der Waals surface area contributed by atoms with Crippen LogP contribution in [0.5, 0.6) is 0 Å². The number of aliphatic hydroxyl groups excluding tert-OH is 5. The quantitative estimate of drug-likeness (QED) is 0.0127. The molecule has 0 amide bonds. The highest BCUT2D eigenvalue weighted by Gasteiger charge is 2.54. The van der Waals surface area contributed by atoms with Crippen LogP contribution in [-0.4, -0.2) is 114 Å². The zero-order valence-corrected chi connectivity index (χ0v) is 40.7. The average molecular weight is 979 g/mol. The highest BCUT2D eigenvalue weighted by Crippen LogP contribution is 2.49. The molecule has 1 rings (SSSR count). The zero-order valence-electron chi connectivity index (χ0n) is 39.0. The minimum atomic E-state index is -5.38. The average Bonchev–Trinajstić information content (AvgIpc) is 3.26. The van der Waals surface area contributed by atoms with Crippen LogP contribution in [0.2, 0.25) is 0 Å². The number of ether oxygens (including phenoxy) is 2. The first kappa shape index (κ1) is 61.4. The Balaban J connectivity index is 2.66. The van der Waals surface area contributed by atoms with Crippen molar-refractivity contribution in [2.45, 2.75) is 198 Å². The normalized spacial score (nSPS) is 22.6. The van der Waals surface area contributed by atoms with Crippen LogP contribution < -0.4 is 0 Å². The Morgan fingerprint density at radius 1 is 0.545 bits per heavy atom. The molecule has 1 fully saturated rings. The summed E-state index contributed by atoms with van der Waals surface area (Å²) in [5, 5.41) is 51.0. The van der Waals surface area contributed by atoms with Crippen LogP contribution >= 0.6 is 15.6 Å². The molecule has 0 aliphatic heterocycles. The van der Waals surface area contributed by atoms with Crippen molar-refractivity contribution >= 4 is 27.6 Å². The first-order valence-electron chi connectivity index (χ1n) is 23.6. The SMILES string of the molecule is CCCCC/C=C\C/C=C\CCCCCCCC(=O)OC[C@H](COP(=O)(O)O[C@H]1C(O)C(O)C(O)[C@@H](OP(=O)(O)O)C1O)OC(=O)CCC/C=C\C/C=C\C/C=C\C/C=C\CC(O)CCC. The Morgan fingerprint density at radius 2 is 1.03 bits per heavy atom. The van der Waals surface area contributed by atoms with E-state index in [0.29, 0.717) is 32.1 Å². The monoisotopic (exact) mass is 978 g/mol. The van der Waals surface area contributed by atoms with Crippen molar-refractivity contribution in [1.29, 1.82) is 0 Å². The van der Waals surface area contributed by atoms with Gasteiger partial charge in [-0.15, -0.1) is 0 Å². The number of esters is 2. The lowest BCUT2D eigenvalue weighted by Gasteiger charge is -2.43. The van der Waals surface area contributed by atoms with Gasteiger partial charge in [-0.3, -0.25) is 23.2 Å². The molecule has 0 aromatic carbocycles. The van der Waals surface area contributed by atoms with E-state index in [9.17, 15) is 49.1 Å². The molecule has 8 N–H and O–H groups in total. The summed E-state index contributed by atoms with van der Waals surface area (Å²) < 4.78 is 49.3. The fourth-order valence-corrected chi connectivity index (χ4v) is 8.19. The number of hydrogen-bond acceptors (Lipinski definition) is 14. The maximum Gasteiger partial charge on any atom is 0.472 e. The van der Waals surface area contributed by atoms with Gasteiger partial charge in [-0.2, -0.15) is 0 Å². The summed E-state index contributed by atoms with van der Waals surface area (Å²) in [6.07, 6.45) is 26.4. The predicted molar refractivity (Wildman–Crippen MR) is 252 cm³/mol. The minimum absolute atomic E-state index is 0.0533. The lowest BCUT2D eigenvalue weighted by atomic mass is 9.85. The lowest BCUT2D eigenvalue weighted by Crippen LogP contribution is -2.64. The summed E-state index contributed by atoms with van der Waals surface area (Å²) in [6, 6.07) is 0. The molecule has 1 aliphatic carbocycles. The smallest absolute Gasteiger partial charge is 0.462 e. The molecule has 1 saturated carbocycles. The summed E-state index contributed by atoms with van der Waals surface area (Å²) in [7, 11) is -10.7. The van der Waals surface area contributed by atoms with Gasteiger partial charge in [0.1, 0.15) is 43.2 Å². The molecule has 380 valence electrons. The number of allylic oxidation sites excluding steroid dienone is 11. The fourth-order valence-electron chi connectivity index (χ4n) is 6.65. The molecule has 66 heavy (non-hydrogen) atoms. The molecule has 0 aromatic rings. The van der Waals surface area contributed by atoms with E-state index in [1.54, 1.807) is 0 Å². The second-order valence-electron chi connectivity index (χ2n) is 16.3. The third kappa shape index (κ3) is 31.4. The first-order valence-corrected chi connectivity index (χ1v) is 26.6. The standard InChI is InChI=1S/C47H80O17P2/c1-3-5-6-7-8-9-10-11-12-15-18-21-24-27-30-34-40(49)60-36-39(37-61-66(58,59)64-47-44(53)42(51)43(52)46(45(47)54)63-65(55,56)57)62-41(50)35-31-28-25-22-19-16-13-14-17-20-23-26-29-33-38(48)32-4-2/h8-9,11-13,16-17,20,22,25-26,29,38-39,42-48,51-54H,3-7,10,14-15,18-19,21,23-24,27-28,30-37H2,1-2H3,(H,58,59)(H2,55,56,57)/b9-8-,12-11-,16-13-,20-17-,25-22-,29-26-/t38?,39-,42?,43?,44?,45?,46-,47+/m1/s1. The van der Waals surface area contributed by atoms with Crippen LogP contribution in [0.4, 0.5) is 0 Å². The van der Waals surface area contributed by atoms with Crippen LogP contribution in [0.15, 0.2) is 72.9 Å². The summed E-state index contributed by atoms with van der Waals surface area (Å²) in [4.78, 5) is 54.2. The summed E-state index contributed by atoms with van der Waals surface area (Å²) in [5.74, 6) is -1.31. The van der Waals surface area contributed by atoms with Crippen molar-refractivity contribution < 1.29 is 82.0 Å². The molecule has 0 spiro atoms. The lowest BCUT2D eigenvalue weighted by molar-refractivity contribution is -0.216. The highest BCUT2D eigenvalue weighted by atomic mass is 31.2. The largest absolute Gasteiger partial charge is 0.472 e. The van der Waals surface area contributed by atoms with E-state index in [-0.39, 0.29) is 18.9 Å². The maximum absolute atomic E-state index is 13.0. The van der Waals surface area contributed by atoms with E-state index in [0.717, 1.165) is 70.6 Å². The predicted octanol–water partition coefficient (Wildman–Crippen LogP) is 7.81. The van der Waals surface area contributed by atoms with Gasteiger partial charge in [0.05, 0.1) is 12.7 Å². The third-order valence-corrected chi connectivity index (χ3v) is 11.8. The van der Waals surface area contributed by atoms with Gasteiger partial charge in [-0.05, 0) is 83.5 Å². The van der Waals surface area contributed by atoms with Crippen LogP contribution in [0.1, 0.15) is 149 Å². The molecule has 1 aliphatic rings. The number of unbranched alkanes of at least 4 members (excludes halogenated alkanes) is 9. The third-order valence-electron chi connectivity index (χ3n) is 10.3. The Bertz CT molecular complexity index is 1570. The van der Waals surface area contributed by atoms with Gasteiger partial charge in [-0.25, -0.2) is 9.13 Å². The summed E-state index contributed by atoms with van der Waals surface area (Å²) in [5.41, 5.74) is 0. The number of phosphoric acid groups is 2. The first-order chi connectivity index (χ1) is 31.5. The van der Waals surface area contributed by atoms with Gasteiger partial charge < -0.3 is 49.7 Å². The molecule has 6 unspecified atom stereocenters. The van der Waals surface area contributed by atoms with Gasteiger partial charge in [0.2, 0.25) is 0 Å². The Morgan fingerprint density at radius 3 is 1.59 bits per heavy atom. The van der Waals surface area contributed by atoms with E-state index in [1.807, 2.05) is 43.4 Å². The fraction of sp³-hybridized carbons (Fsp3) is 0.702. The van der Waals surface area contributed by atoms with Crippen LogP contribution in [0, 0.1) is 0 Å². The van der Waals surface area contributed by atoms with Crippen molar-refractivity contribution in [3.63, 3.8) is 0 Å². The van der Waals surface area contributed by atoms with Crippen molar-refractivity contribution in [2.75, 3.05) is 13.2 Å². The zero-order chi connectivity index (χ0) is 49.1. The van der Waals surface area contributed by atoms with Crippen molar-refractivity contribution in [2.24, 2.45) is 0 Å². The summed E-state index contributed by atoms with van der Waals surface area (Å²) >= 11 is 0. The van der Waals surface area contributed by atoms with Crippen molar-refractivity contribution in [1.82, 2.24) is 0 Å². The van der Waals surface area contributed by atoms with E-state index in [2.05, 4.69) is 47.9 Å². The van der Waals surface area contributed by atoms with E-state index >= 15 is 0 Å². The number of rotatable bonds is 38. The number of carbonyl (C=O) groups excluding carboxylic acids is 2. The van der Waals surface area contributed by atoms with Crippen molar-refractivity contribution in [3.05, 3.63) is 72.9 Å². The highest BCUT2D eigenvalue weighted by molar-refractivity contribution is 7.47. The molecule has 0 heterocycles. The van der Waals surface area contributed by atoms with Gasteiger partial charge in [0, 0.05) is 12.8 Å². The number of phosphoric ester groups is 2. The number of hydrogen-bond donors (Lipinski definition) is 8. The molecular weight excluding hydrogens is 898 g/mol.